The van der Waals surface area contributed by atoms with Gasteiger partial charge in [-0.25, -0.2) is 9.78 Å². The van der Waals surface area contributed by atoms with Crippen LogP contribution in [0.15, 0.2) is 36.5 Å². The van der Waals surface area contributed by atoms with Gasteiger partial charge in [0.1, 0.15) is 5.69 Å². The normalized spacial score (nSPS) is 11.1. The Hall–Kier alpha value is -3.13. The molecule has 0 bridgehead atoms. The van der Waals surface area contributed by atoms with E-state index in [2.05, 4.69) is 20.2 Å². The maximum Gasteiger partial charge on any atom is 0.352 e. The minimum atomic E-state index is -0.981. The number of hydrogen-bond acceptors (Lipinski definition) is 6. The topological polar surface area (TPSA) is 92.5 Å². The van der Waals surface area contributed by atoms with E-state index in [1.807, 2.05) is 26.2 Å². The molecule has 0 aliphatic heterocycles. The van der Waals surface area contributed by atoms with Crippen molar-refractivity contribution in [2.75, 3.05) is 32.5 Å². The Morgan fingerprint density at radius 3 is 2.89 bits per heavy atom. The van der Waals surface area contributed by atoms with E-state index in [0.29, 0.717) is 23.1 Å². The van der Waals surface area contributed by atoms with E-state index in [9.17, 15) is 9.90 Å². The van der Waals surface area contributed by atoms with E-state index in [-0.39, 0.29) is 5.69 Å². The molecule has 27 heavy (non-hydrogen) atoms. The summed E-state index contributed by atoms with van der Waals surface area (Å²) >= 11 is 0. The number of carboxylic acid groups (broad SMARTS) is 1. The average Bonchev–Trinajstić information content (AvgIpc) is 2.97. The van der Waals surface area contributed by atoms with Gasteiger partial charge in [-0.2, -0.15) is 4.98 Å². The number of nitrogens with one attached hydrogen (secondary N) is 1. The van der Waals surface area contributed by atoms with E-state index < -0.39 is 5.97 Å². The summed E-state index contributed by atoms with van der Waals surface area (Å²) in [5.41, 5.74) is 0.904. The quantitative estimate of drug-likeness (QED) is 0.590. The van der Waals surface area contributed by atoms with Gasteiger partial charge < -0.3 is 24.6 Å². The summed E-state index contributed by atoms with van der Waals surface area (Å²) in [6.45, 7) is 1.74. The van der Waals surface area contributed by atoms with E-state index in [4.69, 9.17) is 4.74 Å². The number of aryl methyl sites for hydroxylation is 1. The number of carbonyl (C=O) groups is 1. The van der Waals surface area contributed by atoms with Crippen LogP contribution in [0.1, 0.15) is 16.9 Å². The van der Waals surface area contributed by atoms with Gasteiger partial charge in [-0.1, -0.05) is 12.1 Å². The van der Waals surface area contributed by atoms with Crippen LogP contribution in [0, 0.1) is 0 Å². The first kappa shape index (κ1) is 18.7. The second kappa shape index (κ2) is 8.05. The number of anilines is 1. The van der Waals surface area contributed by atoms with Crippen molar-refractivity contribution in [3.05, 3.63) is 42.2 Å². The molecule has 0 saturated heterocycles. The zero-order chi connectivity index (χ0) is 19.4. The van der Waals surface area contributed by atoms with Gasteiger partial charge in [-0.05, 0) is 39.2 Å². The van der Waals surface area contributed by atoms with Crippen LogP contribution in [0.4, 0.5) is 5.95 Å². The largest absolute Gasteiger partial charge is 0.477 e. The van der Waals surface area contributed by atoms with Gasteiger partial charge in [0.25, 0.3) is 0 Å². The first-order valence-corrected chi connectivity index (χ1v) is 8.67. The molecule has 142 valence electrons. The van der Waals surface area contributed by atoms with Crippen LogP contribution in [0.5, 0.6) is 11.6 Å². The number of benzene rings is 1. The van der Waals surface area contributed by atoms with Crippen LogP contribution < -0.4 is 10.1 Å². The lowest BCUT2D eigenvalue weighted by molar-refractivity contribution is 0.0687. The monoisotopic (exact) mass is 369 g/mol. The highest BCUT2D eigenvalue weighted by Gasteiger charge is 2.16. The zero-order valence-electron chi connectivity index (χ0n) is 15.6. The van der Waals surface area contributed by atoms with Crippen LogP contribution in [-0.2, 0) is 7.05 Å². The predicted molar refractivity (Wildman–Crippen MR) is 104 cm³/mol. The fraction of sp³-hybridized carbons (Fsp3) is 0.316. The van der Waals surface area contributed by atoms with Crippen LogP contribution in [0.25, 0.3) is 10.9 Å². The molecule has 2 aromatic heterocycles. The molecule has 0 atom stereocenters. The van der Waals surface area contributed by atoms with Crippen molar-refractivity contribution in [1.29, 1.82) is 0 Å². The molecule has 0 amide bonds. The smallest absolute Gasteiger partial charge is 0.352 e. The Labute approximate surface area is 157 Å². The Kier molecular flexibility index (Phi) is 5.56. The van der Waals surface area contributed by atoms with Crippen molar-refractivity contribution in [3.63, 3.8) is 0 Å². The highest BCUT2D eigenvalue weighted by atomic mass is 16.5. The molecule has 8 heteroatoms. The fourth-order valence-corrected chi connectivity index (χ4v) is 2.86. The minimum Gasteiger partial charge on any atom is -0.477 e. The Morgan fingerprint density at radius 2 is 2.15 bits per heavy atom. The third-order valence-corrected chi connectivity index (χ3v) is 4.15. The number of hydrogen-bond donors (Lipinski definition) is 2. The first-order valence-electron chi connectivity index (χ1n) is 8.67. The average molecular weight is 369 g/mol. The Bertz CT molecular complexity index is 952. The summed E-state index contributed by atoms with van der Waals surface area (Å²) in [5.74, 6) is 0.452. The van der Waals surface area contributed by atoms with E-state index in [0.717, 1.165) is 24.9 Å². The van der Waals surface area contributed by atoms with Gasteiger partial charge >= 0.3 is 5.97 Å². The van der Waals surface area contributed by atoms with Crippen molar-refractivity contribution < 1.29 is 14.6 Å². The summed E-state index contributed by atoms with van der Waals surface area (Å²) in [5, 5.41) is 13.3. The van der Waals surface area contributed by atoms with Gasteiger partial charge in [0.05, 0.1) is 5.52 Å². The second-order valence-corrected chi connectivity index (χ2v) is 6.49. The number of aromatic carboxylic acids is 1. The highest BCUT2D eigenvalue weighted by Crippen LogP contribution is 2.31. The molecular weight excluding hydrogens is 346 g/mol. The third-order valence-electron chi connectivity index (χ3n) is 4.15. The summed E-state index contributed by atoms with van der Waals surface area (Å²) in [6.07, 6.45) is 2.60. The molecule has 3 rings (SSSR count). The molecule has 8 nitrogen and oxygen atoms in total. The maximum absolute atomic E-state index is 11.4. The molecular formula is C19H23N5O3. The zero-order valence-corrected chi connectivity index (χ0v) is 15.6. The van der Waals surface area contributed by atoms with Crippen molar-refractivity contribution >= 4 is 22.8 Å². The van der Waals surface area contributed by atoms with E-state index >= 15 is 0 Å². The fourth-order valence-electron chi connectivity index (χ4n) is 2.86. The molecule has 2 heterocycles. The lowest BCUT2D eigenvalue weighted by Gasteiger charge is -2.11. The van der Waals surface area contributed by atoms with Crippen molar-refractivity contribution in [1.82, 2.24) is 19.4 Å². The van der Waals surface area contributed by atoms with Crippen LogP contribution >= 0.6 is 0 Å². The van der Waals surface area contributed by atoms with Gasteiger partial charge in [0.15, 0.2) is 5.75 Å². The highest BCUT2D eigenvalue weighted by molar-refractivity contribution is 5.96. The number of aromatic nitrogens is 3. The van der Waals surface area contributed by atoms with Crippen molar-refractivity contribution in [3.8, 4) is 11.6 Å². The standard InChI is InChI=1S/C19H23N5O3/c1-23(2)11-5-9-20-19-21-10-8-16(22-19)27-15-7-4-6-13-12-14(18(25)26)24(3)17(13)15/h4,6-8,10,12H,5,9,11H2,1-3H3,(H,25,26)(H,20,21,22). The molecule has 2 N–H and O–H groups in total. The van der Waals surface area contributed by atoms with Crippen LogP contribution in [-0.4, -0.2) is 57.7 Å². The van der Waals surface area contributed by atoms with Gasteiger partial charge in [-0.15, -0.1) is 0 Å². The number of ether oxygens (including phenoxy) is 1. The summed E-state index contributed by atoms with van der Waals surface area (Å²) < 4.78 is 7.54. The van der Waals surface area contributed by atoms with E-state index in [1.54, 1.807) is 36.0 Å². The van der Waals surface area contributed by atoms with Crippen LogP contribution in [0.2, 0.25) is 0 Å². The number of nitrogens with zero attached hydrogens (tertiary/aromatic N) is 4. The lowest BCUT2D eigenvalue weighted by atomic mass is 10.2. The lowest BCUT2D eigenvalue weighted by Crippen LogP contribution is -2.17. The van der Waals surface area contributed by atoms with Crippen molar-refractivity contribution in [2.45, 2.75) is 6.42 Å². The van der Waals surface area contributed by atoms with Gasteiger partial charge in [0, 0.05) is 31.2 Å². The van der Waals surface area contributed by atoms with Crippen molar-refractivity contribution in [2.24, 2.45) is 7.05 Å². The number of rotatable bonds is 8. The summed E-state index contributed by atoms with van der Waals surface area (Å²) in [4.78, 5) is 22.1. The Balaban J connectivity index is 1.79. The van der Waals surface area contributed by atoms with E-state index in [1.165, 1.54) is 0 Å². The molecule has 0 saturated carbocycles. The number of carboxylic acids is 1. The predicted octanol–water partition coefficient (Wildman–Crippen LogP) is 2.82. The molecule has 0 spiro atoms. The molecule has 0 aliphatic carbocycles. The van der Waals surface area contributed by atoms with Gasteiger partial charge in [0.2, 0.25) is 11.8 Å². The second-order valence-electron chi connectivity index (χ2n) is 6.49. The molecule has 3 aromatic rings. The maximum atomic E-state index is 11.4. The molecule has 0 radical (unpaired) electrons. The molecule has 0 aliphatic rings. The first-order chi connectivity index (χ1) is 13.0. The van der Waals surface area contributed by atoms with Gasteiger partial charge in [-0.3, -0.25) is 0 Å². The number of para-hydroxylation sites is 1. The third kappa shape index (κ3) is 4.35. The summed E-state index contributed by atoms with van der Waals surface area (Å²) in [7, 11) is 5.77. The molecule has 1 aromatic carbocycles. The molecule has 0 fully saturated rings. The summed E-state index contributed by atoms with van der Waals surface area (Å²) in [6, 6.07) is 8.77. The SMILES string of the molecule is CN(C)CCCNc1nccc(Oc2cccc3cc(C(=O)O)n(C)c23)n1. The Morgan fingerprint density at radius 1 is 1.33 bits per heavy atom. The molecule has 0 unspecified atom stereocenters. The number of fused-ring (bicyclic) bond motifs is 1. The minimum absolute atomic E-state index is 0.201. The van der Waals surface area contributed by atoms with Crippen LogP contribution in [0.3, 0.4) is 0 Å².